The maximum absolute atomic E-state index is 13.0. The number of aromatic nitrogens is 5. The molecule has 0 aliphatic carbocycles. The number of tetrazole rings is 1. The van der Waals surface area contributed by atoms with Crippen LogP contribution in [0, 0.1) is 5.82 Å². The summed E-state index contributed by atoms with van der Waals surface area (Å²) in [6.45, 7) is 0.638. The zero-order valence-electron chi connectivity index (χ0n) is 12.9. The fourth-order valence-electron chi connectivity index (χ4n) is 2.20. The zero-order chi connectivity index (χ0) is 17.1. The molecule has 0 bridgehead atoms. The summed E-state index contributed by atoms with van der Waals surface area (Å²) >= 11 is 3.12. The van der Waals surface area contributed by atoms with Crippen molar-refractivity contribution < 1.29 is 8.81 Å². The summed E-state index contributed by atoms with van der Waals surface area (Å²) in [5.74, 6) is 1.40. The van der Waals surface area contributed by atoms with Crippen molar-refractivity contribution in [1.29, 1.82) is 0 Å². The minimum absolute atomic E-state index is 0.281. The molecule has 0 amide bonds. The molecule has 6 nitrogen and oxygen atoms in total. The van der Waals surface area contributed by atoms with Gasteiger partial charge >= 0.3 is 0 Å². The van der Waals surface area contributed by atoms with Crippen LogP contribution in [0.1, 0.15) is 10.8 Å². The third-order valence-corrected chi connectivity index (χ3v) is 5.19. The van der Waals surface area contributed by atoms with Gasteiger partial charge in [-0.15, -0.1) is 16.4 Å². The van der Waals surface area contributed by atoms with Gasteiger partial charge in [-0.3, -0.25) is 0 Å². The lowest BCUT2D eigenvalue weighted by Crippen LogP contribution is -2.02. The summed E-state index contributed by atoms with van der Waals surface area (Å²) < 4.78 is 20.5. The highest BCUT2D eigenvalue weighted by molar-refractivity contribution is 7.98. The molecule has 0 N–H and O–H groups in total. The van der Waals surface area contributed by atoms with Crippen LogP contribution in [-0.4, -0.2) is 25.2 Å². The van der Waals surface area contributed by atoms with Gasteiger partial charge in [-0.2, -0.15) is 0 Å². The average Bonchev–Trinajstić information content (AvgIpc) is 3.36. The van der Waals surface area contributed by atoms with Crippen LogP contribution in [0.15, 0.2) is 57.5 Å². The fraction of sp³-hybridized carbons (Fsp3) is 0.125. The summed E-state index contributed by atoms with van der Waals surface area (Å²) in [5.41, 5.74) is 0.785. The molecule has 0 aliphatic rings. The molecule has 4 aromatic rings. The van der Waals surface area contributed by atoms with Crippen molar-refractivity contribution >= 4 is 23.1 Å². The van der Waals surface area contributed by atoms with Crippen molar-refractivity contribution in [1.82, 2.24) is 25.2 Å². The van der Waals surface area contributed by atoms with Gasteiger partial charge in [0.15, 0.2) is 5.76 Å². The Morgan fingerprint density at radius 2 is 2.08 bits per heavy atom. The molecular weight excluding hydrogens is 361 g/mol. The lowest BCUT2D eigenvalue weighted by Gasteiger charge is -2.01. The predicted octanol–water partition coefficient (Wildman–Crippen LogP) is 3.87. The van der Waals surface area contributed by atoms with Gasteiger partial charge in [0.2, 0.25) is 11.0 Å². The van der Waals surface area contributed by atoms with Crippen LogP contribution in [0.3, 0.4) is 0 Å². The first-order valence-electron chi connectivity index (χ1n) is 7.40. The average molecular weight is 373 g/mol. The van der Waals surface area contributed by atoms with Crippen molar-refractivity contribution in [2.75, 3.05) is 0 Å². The quantitative estimate of drug-likeness (QED) is 0.478. The van der Waals surface area contributed by atoms with E-state index in [9.17, 15) is 4.39 Å². The molecule has 0 unspecified atom stereocenters. The van der Waals surface area contributed by atoms with E-state index in [-0.39, 0.29) is 5.82 Å². The van der Waals surface area contributed by atoms with Gasteiger partial charge in [-0.05, 0) is 46.1 Å². The van der Waals surface area contributed by atoms with E-state index in [2.05, 4.69) is 20.5 Å². The number of rotatable bonds is 6. The summed E-state index contributed by atoms with van der Waals surface area (Å²) in [7, 11) is 0. The first-order chi connectivity index (χ1) is 12.3. The first kappa shape index (κ1) is 16.0. The van der Waals surface area contributed by atoms with E-state index in [0.29, 0.717) is 29.1 Å². The number of thiophene rings is 1. The second kappa shape index (κ2) is 7.16. The fourth-order valence-corrected chi connectivity index (χ4v) is 3.62. The Morgan fingerprint density at radius 1 is 1.20 bits per heavy atom. The number of halogens is 1. The molecule has 1 aromatic carbocycles. The van der Waals surface area contributed by atoms with Crippen molar-refractivity contribution in [2.45, 2.75) is 17.5 Å². The van der Waals surface area contributed by atoms with Crippen LogP contribution in [0.2, 0.25) is 0 Å². The van der Waals surface area contributed by atoms with Gasteiger partial charge < -0.3 is 4.42 Å². The lowest BCUT2D eigenvalue weighted by atomic mass is 10.2. The summed E-state index contributed by atoms with van der Waals surface area (Å²) in [6.07, 6.45) is 1.64. The summed E-state index contributed by atoms with van der Waals surface area (Å²) in [4.78, 5) is 5.45. The molecule has 3 aromatic heterocycles. The molecule has 0 atom stereocenters. The minimum atomic E-state index is -0.281. The highest BCUT2D eigenvalue weighted by Gasteiger charge is 2.12. The number of benzene rings is 1. The molecule has 9 heteroatoms. The number of oxazole rings is 1. The second-order valence-electron chi connectivity index (χ2n) is 5.11. The van der Waals surface area contributed by atoms with E-state index in [1.165, 1.54) is 28.8 Å². The number of hydrogen-bond acceptors (Lipinski definition) is 7. The van der Waals surface area contributed by atoms with E-state index in [0.717, 1.165) is 5.56 Å². The Labute approximate surface area is 150 Å². The Kier molecular flexibility index (Phi) is 4.57. The number of nitrogens with zero attached hydrogens (tertiary/aromatic N) is 5. The van der Waals surface area contributed by atoms with Crippen molar-refractivity contribution in [3.63, 3.8) is 0 Å². The van der Waals surface area contributed by atoms with Gasteiger partial charge in [-0.25, -0.2) is 14.1 Å². The van der Waals surface area contributed by atoms with Gasteiger partial charge in [0.05, 0.1) is 18.5 Å². The second-order valence-corrected chi connectivity index (χ2v) is 7.09. The highest BCUT2D eigenvalue weighted by Crippen LogP contribution is 2.25. The van der Waals surface area contributed by atoms with Gasteiger partial charge in [0.25, 0.3) is 0 Å². The molecule has 0 spiro atoms. The normalized spacial score (nSPS) is 11.1. The third-order valence-electron chi connectivity index (χ3n) is 3.39. The molecule has 4 rings (SSSR count). The summed E-state index contributed by atoms with van der Waals surface area (Å²) in [5, 5.41) is 14.5. The minimum Gasteiger partial charge on any atom is -0.440 e. The van der Waals surface area contributed by atoms with E-state index in [4.69, 9.17) is 4.42 Å². The molecule has 0 aliphatic heterocycles. The van der Waals surface area contributed by atoms with E-state index >= 15 is 0 Å². The Bertz CT molecular complexity index is 949. The third kappa shape index (κ3) is 3.77. The van der Waals surface area contributed by atoms with E-state index < -0.39 is 0 Å². The first-order valence-corrected chi connectivity index (χ1v) is 9.26. The zero-order valence-corrected chi connectivity index (χ0v) is 14.5. The van der Waals surface area contributed by atoms with Gasteiger partial charge in [-0.1, -0.05) is 17.8 Å². The maximum atomic E-state index is 13.0. The van der Waals surface area contributed by atoms with Crippen LogP contribution in [0.5, 0.6) is 0 Å². The molecule has 0 saturated carbocycles. The van der Waals surface area contributed by atoms with Gasteiger partial charge in [0.1, 0.15) is 5.82 Å². The molecule has 0 radical (unpaired) electrons. The molecule has 0 fully saturated rings. The van der Waals surface area contributed by atoms with Gasteiger partial charge in [0, 0.05) is 10.4 Å². The molecule has 25 heavy (non-hydrogen) atoms. The maximum Gasteiger partial charge on any atom is 0.210 e. The van der Waals surface area contributed by atoms with Crippen molar-refractivity contribution in [2.24, 2.45) is 0 Å². The van der Waals surface area contributed by atoms with Crippen LogP contribution in [-0.2, 0) is 12.3 Å². The topological polar surface area (TPSA) is 69.6 Å². The largest absolute Gasteiger partial charge is 0.440 e. The molecular formula is C16H12FN5OS2. The SMILES string of the molecule is Fc1ccc(-c2cnc(CSc3nnnn3Cc3cccs3)o2)cc1. The highest BCUT2D eigenvalue weighted by atomic mass is 32.2. The molecule has 3 heterocycles. The Balaban J connectivity index is 1.42. The number of thioether (sulfide) groups is 1. The Hall–Kier alpha value is -2.52. The van der Waals surface area contributed by atoms with Crippen LogP contribution in [0.4, 0.5) is 4.39 Å². The van der Waals surface area contributed by atoms with Crippen molar-refractivity contribution in [3.8, 4) is 11.3 Å². The monoisotopic (exact) mass is 373 g/mol. The summed E-state index contributed by atoms with van der Waals surface area (Å²) in [6, 6.07) is 10.2. The Morgan fingerprint density at radius 3 is 2.88 bits per heavy atom. The molecule has 0 saturated heterocycles. The number of hydrogen-bond donors (Lipinski definition) is 0. The van der Waals surface area contributed by atoms with Crippen molar-refractivity contribution in [3.05, 3.63) is 64.6 Å². The van der Waals surface area contributed by atoms with Crippen LogP contribution >= 0.6 is 23.1 Å². The van der Waals surface area contributed by atoms with Crippen LogP contribution < -0.4 is 0 Å². The van der Waals surface area contributed by atoms with E-state index in [1.54, 1.807) is 34.3 Å². The van der Waals surface area contributed by atoms with Crippen LogP contribution in [0.25, 0.3) is 11.3 Å². The molecule has 126 valence electrons. The standard InChI is InChI=1S/C16H12FN5OS2/c17-12-5-3-11(4-6-12)14-8-18-15(23-14)10-25-16-19-20-21-22(16)9-13-2-1-7-24-13/h1-8H,9-10H2. The lowest BCUT2D eigenvalue weighted by molar-refractivity contribution is 0.529. The predicted molar refractivity (Wildman–Crippen MR) is 92.7 cm³/mol. The smallest absolute Gasteiger partial charge is 0.210 e. The van der Waals surface area contributed by atoms with E-state index in [1.807, 2.05) is 17.5 Å².